The molecule has 0 aliphatic carbocycles. The first-order valence-corrected chi connectivity index (χ1v) is 8.10. The molecule has 2 aliphatic heterocycles. The smallest absolute Gasteiger partial charge is 0.137 e. The molecule has 1 fully saturated rings. The van der Waals surface area contributed by atoms with E-state index in [1.54, 1.807) is 0 Å². The molecule has 3 heterocycles. The molecule has 0 spiro atoms. The Balaban J connectivity index is 1.63. The highest BCUT2D eigenvalue weighted by atomic mass is 16.3. The van der Waals surface area contributed by atoms with Crippen molar-refractivity contribution < 1.29 is 5.11 Å². The molecule has 1 N–H and O–H groups in total. The van der Waals surface area contributed by atoms with E-state index in [4.69, 9.17) is 0 Å². The first kappa shape index (κ1) is 14.0. The zero-order valence-corrected chi connectivity index (χ0v) is 12.5. The summed E-state index contributed by atoms with van der Waals surface area (Å²) in [5, 5.41) is 18.8. The van der Waals surface area contributed by atoms with Crippen LogP contribution in [0, 0.1) is 0 Å². The summed E-state index contributed by atoms with van der Waals surface area (Å²) in [7, 11) is 0. The van der Waals surface area contributed by atoms with Gasteiger partial charge >= 0.3 is 0 Å². The Morgan fingerprint density at radius 3 is 3.05 bits per heavy atom. The summed E-state index contributed by atoms with van der Waals surface area (Å²) in [6, 6.07) is 0. The number of hydrogen-bond donors (Lipinski definition) is 1. The van der Waals surface area contributed by atoms with Crippen LogP contribution < -0.4 is 0 Å². The van der Waals surface area contributed by atoms with Gasteiger partial charge in [0.25, 0.3) is 0 Å². The lowest BCUT2D eigenvalue weighted by Crippen LogP contribution is -2.40. The number of aryl methyl sites for hydroxylation is 1. The van der Waals surface area contributed by atoms with Crippen molar-refractivity contribution in [3.05, 3.63) is 11.6 Å². The van der Waals surface area contributed by atoms with Crippen LogP contribution in [0.2, 0.25) is 0 Å². The van der Waals surface area contributed by atoms with E-state index in [1.165, 1.54) is 30.9 Å². The average Bonchev–Trinajstić information content (AvgIpc) is 3.01. The summed E-state index contributed by atoms with van der Waals surface area (Å²) >= 11 is 0. The normalized spacial score (nSPS) is 24.8. The third kappa shape index (κ3) is 2.88. The fraction of sp³-hybridized carbons (Fsp3) is 0.867. The number of aromatic nitrogens is 3. The van der Waals surface area contributed by atoms with E-state index in [1.807, 2.05) is 0 Å². The maximum atomic E-state index is 10.00. The minimum absolute atomic E-state index is 0.178. The van der Waals surface area contributed by atoms with Gasteiger partial charge in [0.15, 0.2) is 0 Å². The van der Waals surface area contributed by atoms with Crippen LogP contribution >= 0.6 is 0 Å². The monoisotopic (exact) mass is 278 g/mol. The van der Waals surface area contributed by atoms with Crippen molar-refractivity contribution in [3.63, 3.8) is 0 Å². The van der Waals surface area contributed by atoms with Gasteiger partial charge in [-0.15, -0.1) is 10.2 Å². The maximum Gasteiger partial charge on any atom is 0.137 e. The number of β-amino-alcohol motifs (C(OH)–C–C–N with tert-alkyl or cyclic N) is 1. The van der Waals surface area contributed by atoms with Crippen LogP contribution in [0.15, 0.2) is 0 Å². The van der Waals surface area contributed by atoms with Crippen molar-refractivity contribution in [2.75, 3.05) is 19.6 Å². The van der Waals surface area contributed by atoms with Crippen LogP contribution in [-0.4, -0.2) is 50.5 Å². The van der Waals surface area contributed by atoms with Gasteiger partial charge in [-0.05, 0) is 32.2 Å². The van der Waals surface area contributed by atoms with Gasteiger partial charge in [0.2, 0.25) is 0 Å². The second kappa shape index (κ2) is 6.22. The maximum absolute atomic E-state index is 10.00. The number of aliphatic hydroxyl groups excluding tert-OH is 1. The molecule has 2 atom stereocenters. The lowest BCUT2D eigenvalue weighted by atomic mass is 9.96. The molecular weight excluding hydrogens is 252 g/mol. The third-order valence-electron chi connectivity index (χ3n) is 4.60. The van der Waals surface area contributed by atoms with Crippen molar-refractivity contribution in [3.8, 4) is 0 Å². The molecule has 0 aromatic carbocycles. The zero-order chi connectivity index (χ0) is 13.9. The van der Waals surface area contributed by atoms with Gasteiger partial charge in [-0.25, -0.2) is 0 Å². The number of aliphatic hydroxyl groups is 1. The summed E-state index contributed by atoms with van der Waals surface area (Å²) in [5.41, 5.74) is 0. The van der Waals surface area contributed by atoms with E-state index in [0.717, 1.165) is 45.4 Å². The van der Waals surface area contributed by atoms with E-state index in [2.05, 4.69) is 26.6 Å². The molecule has 0 bridgehead atoms. The quantitative estimate of drug-likeness (QED) is 0.888. The number of piperidine rings is 1. The van der Waals surface area contributed by atoms with Crippen LogP contribution in [0.25, 0.3) is 0 Å². The van der Waals surface area contributed by atoms with Gasteiger partial charge in [-0.2, -0.15) is 0 Å². The molecule has 1 aromatic heterocycles. The zero-order valence-electron chi connectivity index (χ0n) is 12.5. The van der Waals surface area contributed by atoms with E-state index < -0.39 is 0 Å². The second-order valence-corrected chi connectivity index (χ2v) is 6.27. The van der Waals surface area contributed by atoms with E-state index >= 15 is 0 Å². The Kier molecular flexibility index (Phi) is 4.36. The lowest BCUT2D eigenvalue weighted by molar-refractivity contribution is 0.0876. The molecule has 5 nitrogen and oxygen atoms in total. The first-order valence-electron chi connectivity index (χ1n) is 8.10. The van der Waals surface area contributed by atoms with Gasteiger partial charge in [-0.3, -0.25) is 0 Å². The fourth-order valence-corrected chi connectivity index (χ4v) is 3.63. The molecule has 112 valence electrons. The van der Waals surface area contributed by atoms with E-state index in [0.29, 0.717) is 5.92 Å². The summed E-state index contributed by atoms with van der Waals surface area (Å²) in [6.07, 6.45) is 6.48. The fourth-order valence-electron chi connectivity index (χ4n) is 3.63. The SMILES string of the molecule is CCC[C@H](O)CN1CCC[C@@H](c2nnc3n2CCC3)C1. The number of rotatable bonds is 5. The van der Waals surface area contributed by atoms with Crippen LogP contribution in [0.3, 0.4) is 0 Å². The topological polar surface area (TPSA) is 54.2 Å². The Morgan fingerprint density at radius 2 is 2.20 bits per heavy atom. The summed E-state index contributed by atoms with van der Waals surface area (Å²) < 4.78 is 2.33. The molecular formula is C15H26N4O. The molecule has 3 rings (SSSR count). The first-order chi connectivity index (χ1) is 9.78. The number of likely N-dealkylation sites (tertiary alicyclic amines) is 1. The lowest BCUT2D eigenvalue weighted by Gasteiger charge is -2.33. The highest BCUT2D eigenvalue weighted by Crippen LogP contribution is 2.28. The minimum Gasteiger partial charge on any atom is -0.392 e. The number of nitrogens with zero attached hydrogens (tertiary/aromatic N) is 4. The summed E-state index contributed by atoms with van der Waals surface area (Å²) in [4.78, 5) is 2.41. The molecule has 0 amide bonds. The third-order valence-corrected chi connectivity index (χ3v) is 4.60. The van der Waals surface area contributed by atoms with Crippen LogP contribution in [0.5, 0.6) is 0 Å². The van der Waals surface area contributed by atoms with Crippen LogP contribution in [-0.2, 0) is 13.0 Å². The molecule has 5 heteroatoms. The van der Waals surface area contributed by atoms with E-state index in [-0.39, 0.29) is 6.10 Å². The van der Waals surface area contributed by atoms with Crippen molar-refractivity contribution in [2.24, 2.45) is 0 Å². The second-order valence-electron chi connectivity index (χ2n) is 6.27. The van der Waals surface area contributed by atoms with E-state index in [9.17, 15) is 5.11 Å². The molecule has 20 heavy (non-hydrogen) atoms. The Hall–Kier alpha value is -0.940. The van der Waals surface area contributed by atoms with Gasteiger partial charge in [0.1, 0.15) is 11.6 Å². The van der Waals surface area contributed by atoms with Gasteiger partial charge < -0.3 is 14.6 Å². The largest absolute Gasteiger partial charge is 0.392 e. The molecule has 1 saturated heterocycles. The Bertz CT molecular complexity index is 445. The van der Waals surface area contributed by atoms with Crippen LogP contribution in [0.4, 0.5) is 0 Å². The molecule has 1 aromatic rings. The highest BCUT2D eigenvalue weighted by Gasteiger charge is 2.28. The van der Waals surface area contributed by atoms with Gasteiger partial charge in [0, 0.05) is 32.0 Å². The highest BCUT2D eigenvalue weighted by molar-refractivity contribution is 5.07. The minimum atomic E-state index is -0.178. The van der Waals surface area contributed by atoms with Crippen molar-refractivity contribution in [1.82, 2.24) is 19.7 Å². The Morgan fingerprint density at radius 1 is 1.30 bits per heavy atom. The molecule has 2 aliphatic rings. The number of hydrogen-bond acceptors (Lipinski definition) is 4. The predicted molar refractivity (Wildman–Crippen MR) is 77.7 cm³/mol. The Labute approximate surface area is 121 Å². The standard InChI is InChI=1S/C15H26N4O/c1-2-5-13(20)11-18-8-3-6-12(10-18)15-17-16-14-7-4-9-19(14)15/h12-13,20H,2-11H2,1H3/t12-,13+/m1/s1. The van der Waals surface area contributed by atoms with Crippen molar-refractivity contribution >= 4 is 0 Å². The van der Waals surface area contributed by atoms with Crippen molar-refractivity contribution in [2.45, 2.75) is 64.0 Å². The van der Waals surface area contributed by atoms with Gasteiger partial charge in [0.05, 0.1) is 6.10 Å². The predicted octanol–water partition coefficient (Wildman–Crippen LogP) is 1.56. The summed E-state index contributed by atoms with van der Waals surface area (Å²) in [5.74, 6) is 2.85. The molecule has 0 unspecified atom stereocenters. The molecule has 0 saturated carbocycles. The van der Waals surface area contributed by atoms with Crippen LogP contribution in [0.1, 0.15) is 56.6 Å². The van der Waals surface area contributed by atoms with Gasteiger partial charge in [-0.1, -0.05) is 13.3 Å². The average molecular weight is 278 g/mol. The molecule has 0 radical (unpaired) electrons. The van der Waals surface area contributed by atoms with Crippen molar-refractivity contribution in [1.29, 1.82) is 0 Å². The number of fused-ring (bicyclic) bond motifs is 1. The summed E-state index contributed by atoms with van der Waals surface area (Å²) in [6.45, 7) is 6.16.